The predicted octanol–water partition coefficient (Wildman–Crippen LogP) is 4.52. The predicted molar refractivity (Wildman–Crippen MR) is 61.5 cm³/mol. The summed E-state index contributed by atoms with van der Waals surface area (Å²) in [5.74, 6) is 1.07. The number of fused-ring (bicyclic) bond motifs is 1. The van der Waals surface area contributed by atoms with Crippen molar-refractivity contribution in [3.8, 4) is 0 Å². The summed E-state index contributed by atoms with van der Waals surface area (Å²) in [4.78, 5) is 0. The van der Waals surface area contributed by atoms with Gasteiger partial charge in [-0.2, -0.15) is 23.1 Å². The van der Waals surface area contributed by atoms with E-state index in [2.05, 4.69) is 0 Å². The summed E-state index contributed by atoms with van der Waals surface area (Å²) < 4.78 is 36.5. The second kappa shape index (κ2) is 4.11. The van der Waals surface area contributed by atoms with Crippen LogP contribution in [0.5, 0.6) is 0 Å². The Balaban J connectivity index is 2.09. The summed E-state index contributed by atoms with van der Waals surface area (Å²) in [5, 5.41) is 0.600. The summed E-state index contributed by atoms with van der Waals surface area (Å²) in [7, 11) is -0.891. The summed E-state index contributed by atoms with van der Waals surface area (Å²) in [6, 6.07) is 5.34. The molecule has 0 bridgehead atoms. The lowest BCUT2D eigenvalue weighted by Crippen LogP contribution is -1.98. The van der Waals surface area contributed by atoms with Gasteiger partial charge in [-0.3, -0.25) is 0 Å². The van der Waals surface area contributed by atoms with Gasteiger partial charge >= 0.3 is 5.51 Å². The second-order valence-electron chi connectivity index (χ2n) is 3.25. The van der Waals surface area contributed by atoms with Crippen molar-refractivity contribution < 1.29 is 13.2 Å². The lowest BCUT2D eigenvalue weighted by molar-refractivity contribution is -0.0311. The molecular formula is C9H8ClF3S2. The van der Waals surface area contributed by atoms with Gasteiger partial charge in [0.2, 0.25) is 0 Å². The van der Waals surface area contributed by atoms with Crippen LogP contribution in [0.1, 0.15) is 11.1 Å². The molecule has 15 heavy (non-hydrogen) atoms. The van der Waals surface area contributed by atoms with Crippen LogP contribution in [-0.4, -0.2) is 5.51 Å². The smallest absolute Gasteiger partial charge is 0.188 e. The number of rotatable bonds is 1. The summed E-state index contributed by atoms with van der Waals surface area (Å²) in [6.45, 7) is 0. The van der Waals surface area contributed by atoms with Gasteiger partial charge in [-0.1, -0.05) is 17.7 Å². The van der Waals surface area contributed by atoms with Gasteiger partial charge in [-0.25, -0.2) is 0 Å². The maximum absolute atomic E-state index is 12.2. The fourth-order valence-electron chi connectivity index (χ4n) is 1.54. The molecule has 0 spiro atoms. The van der Waals surface area contributed by atoms with E-state index in [0.29, 0.717) is 16.5 Å². The van der Waals surface area contributed by atoms with E-state index < -0.39 is 15.4 Å². The summed E-state index contributed by atoms with van der Waals surface area (Å²) >= 11 is 5.78. The Morgan fingerprint density at radius 1 is 1.20 bits per heavy atom. The monoisotopic (exact) mass is 272 g/mol. The minimum Gasteiger partial charge on any atom is -0.188 e. The third-order valence-electron chi connectivity index (χ3n) is 2.09. The fourth-order valence-corrected chi connectivity index (χ4v) is 5.73. The van der Waals surface area contributed by atoms with E-state index in [1.807, 2.05) is 6.07 Å². The van der Waals surface area contributed by atoms with E-state index in [1.165, 1.54) is 0 Å². The number of thiol groups is 1. The molecule has 0 radical (unpaired) electrons. The number of halogens is 4. The first-order chi connectivity index (χ1) is 6.94. The lowest BCUT2D eigenvalue weighted by atomic mass is 10.1. The zero-order valence-electron chi connectivity index (χ0n) is 7.51. The van der Waals surface area contributed by atoms with Crippen LogP contribution in [0.4, 0.5) is 13.2 Å². The molecule has 0 aromatic heterocycles. The average molecular weight is 273 g/mol. The van der Waals surface area contributed by atoms with Crippen molar-refractivity contribution >= 4 is 32.3 Å². The van der Waals surface area contributed by atoms with Crippen molar-refractivity contribution in [1.82, 2.24) is 0 Å². The topological polar surface area (TPSA) is 0 Å². The van der Waals surface area contributed by atoms with E-state index in [9.17, 15) is 13.2 Å². The maximum atomic E-state index is 12.2. The molecule has 0 saturated heterocycles. The molecule has 0 aliphatic carbocycles. The molecule has 1 aromatic rings. The Bertz CT molecular complexity index is 378. The molecule has 1 aromatic carbocycles. The molecule has 2 rings (SSSR count). The summed E-state index contributed by atoms with van der Waals surface area (Å²) in [6.07, 6.45) is 0. The van der Waals surface area contributed by atoms with Gasteiger partial charge in [0.05, 0.1) is 0 Å². The van der Waals surface area contributed by atoms with Crippen LogP contribution >= 0.6 is 32.3 Å². The van der Waals surface area contributed by atoms with Gasteiger partial charge in [0.25, 0.3) is 0 Å². The van der Waals surface area contributed by atoms with E-state index in [0.717, 1.165) is 11.1 Å². The van der Waals surface area contributed by atoms with E-state index in [4.69, 9.17) is 11.6 Å². The van der Waals surface area contributed by atoms with Crippen molar-refractivity contribution in [3.63, 3.8) is 0 Å². The van der Waals surface area contributed by atoms with Crippen LogP contribution in [0.25, 0.3) is 0 Å². The molecular weight excluding hydrogens is 265 g/mol. The maximum Gasteiger partial charge on any atom is 0.450 e. The second-order valence-corrected chi connectivity index (χ2v) is 8.02. The van der Waals surface area contributed by atoms with E-state index in [1.54, 1.807) is 12.1 Å². The first kappa shape index (κ1) is 11.5. The molecule has 1 aliphatic rings. The van der Waals surface area contributed by atoms with Crippen LogP contribution in [0.15, 0.2) is 18.2 Å². The van der Waals surface area contributed by atoms with E-state index >= 15 is 0 Å². The summed E-state index contributed by atoms with van der Waals surface area (Å²) in [5.41, 5.74) is -2.12. The van der Waals surface area contributed by atoms with Crippen molar-refractivity contribution in [2.75, 3.05) is 0 Å². The van der Waals surface area contributed by atoms with Crippen LogP contribution in [-0.2, 0) is 11.5 Å². The fraction of sp³-hybridized carbons (Fsp3) is 0.333. The molecule has 1 heterocycles. The van der Waals surface area contributed by atoms with Crippen molar-refractivity contribution in [2.24, 2.45) is 0 Å². The highest BCUT2D eigenvalue weighted by atomic mass is 35.5. The Kier molecular flexibility index (Phi) is 3.14. The van der Waals surface area contributed by atoms with Gasteiger partial charge < -0.3 is 0 Å². The Hall–Kier alpha value is -0.000000000000000111. The Labute approximate surface area is 96.9 Å². The molecule has 1 unspecified atom stereocenters. The van der Waals surface area contributed by atoms with E-state index in [-0.39, 0.29) is 10.8 Å². The van der Waals surface area contributed by atoms with Crippen molar-refractivity contribution in [2.45, 2.75) is 17.0 Å². The number of alkyl halides is 3. The quantitative estimate of drug-likeness (QED) is 0.579. The molecule has 1 atom stereocenters. The van der Waals surface area contributed by atoms with Gasteiger partial charge in [0, 0.05) is 16.5 Å². The Morgan fingerprint density at radius 2 is 1.87 bits per heavy atom. The third kappa shape index (κ3) is 2.98. The normalized spacial score (nSPS) is 22.8. The van der Waals surface area contributed by atoms with Crippen LogP contribution in [0.3, 0.4) is 0 Å². The SMILES string of the molecule is FC(F)(F)S[SH]1Cc2ccc(Cl)cc2C1. The zero-order valence-corrected chi connectivity index (χ0v) is 9.98. The van der Waals surface area contributed by atoms with Crippen molar-refractivity contribution in [3.05, 3.63) is 34.3 Å². The molecule has 84 valence electrons. The number of hydrogen-bond donors (Lipinski definition) is 1. The third-order valence-corrected chi connectivity index (χ3v) is 6.35. The highest BCUT2D eigenvalue weighted by molar-refractivity contribution is 8.85. The highest BCUT2D eigenvalue weighted by Crippen LogP contribution is 2.58. The van der Waals surface area contributed by atoms with Gasteiger partial charge in [0.1, 0.15) is 0 Å². The van der Waals surface area contributed by atoms with Gasteiger partial charge in [-0.15, -0.1) is 0 Å². The van der Waals surface area contributed by atoms with Crippen LogP contribution in [0.2, 0.25) is 5.02 Å². The van der Waals surface area contributed by atoms with Crippen LogP contribution in [0, 0.1) is 0 Å². The molecule has 0 saturated carbocycles. The lowest BCUT2D eigenvalue weighted by Gasteiger charge is -2.14. The molecule has 0 amide bonds. The molecule has 0 fully saturated rings. The highest BCUT2D eigenvalue weighted by Gasteiger charge is 2.34. The molecule has 1 aliphatic heterocycles. The largest absolute Gasteiger partial charge is 0.450 e. The molecule has 0 nitrogen and oxygen atoms in total. The van der Waals surface area contributed by atoms with Crippen molar-refractivity contribution in [1.29, 1.82) is 0 Å². The average Bonchev–Trinajstić information content (AvgIpc) is 2.42. The molecule has 6 heteroatoms. The standard InChI is InChI=1S/C9H8ClF3S2/c10-8-2-1-6-4-15(5-7(6)3-8)14-9(11,12)13/h1-3,15H,4-5H2. The van der Waals surface area contributed by atoms with Gasteiger partial charge in [-0.05, 0) is 34.1 Å². The van der Waals surface area contributed by atoms with Gasteiger partial charge in [0.15, 0.2) is 0 Å². The van der Waals surface area contributed by atoms with Crippen LogP contribution < -0.4 is 0 Å². The number of benzene rings is 1. The number of hydrogen-bond acceptors (Lipinski definition) is 1. The zero-order chi connectivity index (χ0) is 11.1. The first-order valence-corrected chi connectivity index (χ1v) is 7.73. The Morgan fingerprint density at radius 3 is 2.53 bits per heavy atom. The minimum absolute atomic E-state index is 0.149. The first-order valence-electron chi connectivity index (χ1n) is 4.22. The molecule has 0 N–H and O–H groups in total. The minimum atomic E-state index is -4.11.